The molecule has 5 rings (SSSR count). The van der Waals surface area contributed by atoms with E-state index in [4.69, 9.17) is 18.9 Å². The van der Waals surface area contributed by atoms with Gasteiger partial charge in [-0.25, -0.2) is 0 Å². The summed E-state index contributed by atoms with van der Waals surface area (Å²) in [6.07, 6.45) is -10.1. The summed E-state index contributed by atoms with van der Waals surface area (Å²) >= 11 is 0. The SMILES string of the molecule is COc1c(C)ccc2c1C(=O)c1c(O)c3c(c(O)c1C2=O)C[C@@](C)(O)[C@@H](O)[C@@H]3O[C@H]1O[C@@H](C)[C@H](O)[C@@H](OC)[C@H]1O. The number of fused-ring (bicyclic) bond motifs is 3. The number of carbonyl (C=O) groups is 2. The van der Waals surface area contributed by atoms with Gasteiger partial charge in [0.25, 0.3) is 0 Å². The molecule has 1 saturated heterocycles. The molecular formula is C28H32O12. The van der Waals surface area contributed by atoms with E-state index in [0.717, 1.165) is 0 Å². The van der Waals surface area contributed by atoms with E-state index in [9.17, 15) is 40.2 Å². The molecule has 0 saturated carbocycles. The largest absolute Gasteiger partial charge is 0.507 e. The van der Waals surface area contributed by atoms with Gasteiger partial charge in [-0.3, -0.25) is 9.59 Å². The molecule has 0 bridgehead atoms. The summed E-state index contributed by atoms with van der Waals surface area (Å²) in [7, 11) is 2.61. The Labute approximate surface area is 229 Å². The number of benzene rings is 2. The van der Waals surface area contributed by atoms with Crippen molar-refractivity contribution < 1.29 is 59.2 Å². The summed E-state index contributed by atoms with van der Waals surface area (Å²) in [5.41, 5.74) is -2.83. The average Bonchev–Trinajstić information content (AvgIpc) is 2.90. The lowest BCUT2D eigenvalue weighted by molar-refractivity contribution is -0.321. The molecule has 6 N–H and O–H groups in total. The molecule has 0 amide bonds. The van der Waals surface area contributed by atoms with Crippen molar-refractivity contribution in [2.75, 3.05) is 14.2 Å². The van der Waals surface area contributed by atoms with E-state index in [1.807, 2.05) is 0 Å². The van der Waals surface area contributed by atoms with Crippen molar-refractivity contribution in [3.8, 4) is 17.2 Å². The number of aromatic hydroxyl groups is 2. The molecule has 2 aliphatic carbocycles. The van der Waals surface area contributed by atoms with Crippen LogP contribution in [-0.2, 0) is 20.6 Å². The molecule has 2 aromatic carbocycles. The van der Waals surface area contributed by atoms with Gasteiger partial charge in [0.1, 0.15) is 47.8 Å². The van der Waals surface area contributed by atoms with E-state index in [2.05, 4.69) is 0 Å². The first-order valence-corrected chi connectivity index (χ1v) is 12.7. The summed E-state index contributed by atoms with van der Waals surface area (Å²) < 4.78 is 22.1. The number of ketones is 2. The van der Waals surface area contributed by atoms with Crippen LogP contribution < -0.4 is 4.74 Å². The zero-order valence-corrected chi connectivity index (χ0v) is 22.5. The van der Waals surface area contributed by atoms with Gasteiger partial charge in [-0.2, -0.15) is 0 Å². The quantitative estimate of drug-likeness (QED) is 0.241. The summed E-state index contributed by atoms with van der Waals surface area (Å²) in [5.74, 6) is -2.80. The molecule has 12 heteroatoms. The van der Waals surface area contributed by atoms with E-state index in [1.54, 1.807) is 13.0 Å². The fourth-order valence-electron chi connectivity index (χ4n) is 5.97. The van der Waals surface area contributed by atoms with Crippen LogP contribution in [0.5, 0.6) is 17.2 Å². The van der Waals surface area contributed by atoms with Crippen LogP contribution in [0.1, 0.15) is 68.5 Å². The van der Waals surface area contributed by atoms with Crippen molar-refractivity contribution in [1.82, 2.24) is 0 Å². The van der Waals surface area contributed by atoms with E-state index < -0.39 is 89.1 Å². The normalized spacial score (nSPS) is 33.3. The van der Waals surface area contributed by atoms with Gasteiger partial charge in [0.05, 0.1) is 35.5 Å². The highest BCUT2D eigenvalue weighted by molar-refractivity contribution is 6.31. The Morgan fingerprint density at radius 1 is 0.975 bits per heavy atom. The van der Waals surface area contributed by atoms with E-state index >= 15 is 0 Å². The highest BCUT2D eigenvalue weighted by atomic mass is 16.7. The Bertz CT molecular complexity index is 1400. The van der Waals surface area contributed by atoms with Gasteiger partial charge in [-0.1, -0.05) is 6.07 Å². The third kappa shape index (κ3) is 3.94. The molecule has 1 heterocycles. The minimum absolute atomic E-state index is 0.0260. The maximum atomic E-state index is 13.8. The van der Waals surface area contributed by atoms with Gasteiger partial charge in [-0.05, 0) is 32.4 Å². The molecule has 1 fully saturated rings. The summed E-state index contributed by atoms with van der Waals surface area (Å²) in [6, 6.07) is 3.02. The maximum Gasteiger partial charge on any atom is 0.202 e. The number of hydrogen-bond acceptors (Lipinski definition) is 12. The smallest absolute Gasteiger partial charge is 0.202 e. The zero-order valence-electron chi connectivity index (χ0n) is 22.5. The number of aryl methyl sites for hydroxylation is 1. The molecule has 0 radical (unpaired) electrons. The lowest BCUT2D eigenvalue weighted by atomic mass is 9.72. The van der Waals surface area contributed by atoms with E-state index in [0.29, 0.717) is 5.56 Å². The van der Waals surface area contributed by atoms with Crippen molar-refractivity contribution in [2.24, 2.45) is 0 Å². The summed E-state index contributed by atoms with van der Waals surface area (Å²) in [5, 5.41) is 66.2. The minimum Gasteiger partial charge on any atom is -0.507 e. The molecule has 0 aromatic heterocycles. The Morgan fingerprint density at radius 3 is 2.25 bits per heavy atom. The van der Waals surface area contributed by atoms with Gasteiger partial charge in [0.15, 0.2) is 12.1 Å². The summed E-state index contributed by atoms with van der Waals surface area (Å²) in [4.78, 5) is 27.4. The second-order valence-corrected chi connectivity index (χ2v) is 10.8. The van der Waals surface area contributed by atoms with Crippen LogP contribution in [0.15, 0.2) is 12.1 Å². The topological polar surface area (TPSA) is 192 Å². The molecular weight excluding hydrogens is 528 g/mol. The molecule has 216 valence electrons. The highest BCUT2D eigenvalue weighted by Crippen LogP contribution is 2.52. The predicted molar refractivity (Wildman–Crippen MR) is 136 cm³/mol. The van der Waals surface area contributed by atoms with Crippen LogP contribution in [0.2, 0.25) is 0 Å². The first-order chi connectivity index (χ1) is 18.8. The first-order valence-electron chi connectivity index (χ1n) is 12.7. The van der Waals surface area contributed by atoms with Crippen molar-refractivity contribution >= 4 is 11.6 Å². The Morgan fingerprint density at radius 2 is 1.62 bits per heavy atom. The van der Waals surface area contributed by atoms with Crippen LogP contribution in [0, 0.1) is 6.92 Å². The van der Waals surface area contributed by atoms with Crippen molar-refractivity contribution in [3.63, 3.8) is 0 Å². The molecule has 8 atom stereocenters. The third-order valence-electron chi connectivity index (χ3n) is 8.15. The number of phenols is 2. The average molecular weight is 561 g/mol. The number of carbonyl (C=O) groups excluding carboxylic acids is 2. The van der Waals surface area contributed by atoms with E-state index in [-0.39, 0.29) is 28.0 Å². The number of aliphatic hydroxyl groups excluding tert-OH is 3. The molecule has 40 heavy (non-hydrogen) atoms. The number of aliphatic hydroxyl groups is 4. The lowest BCUT2D eigenvalue weighted by Gasteiger charge is -2.46. The number of phenolic OH excluding ortho intramolecular Hbond substituents is 2. The second-order valence-electron chi connectivity index (χ2n) is 10.8. The minimum atomic E-state index is -1.94. The third-order valence-corrected chi connectivity index (χ3v) is 8.15. The van der Waals surface area contributed by atoms with Crippen LogP contribution in [0.25, 0.3) is 0 Å². The van der Waals surface area contributed by atoms with Gasteiger partial charge in [-0.15, -0.1) is 0 Å². The molecule has 1 aliphatic heterocycles. The van der Waals surface area contributed by atoms with Crippen LogP contribution in [-0.4, -0.2) is 98.8 Å². The lowest BCUT2D eigenvalue weighted by Crippen LogP contribution is -2.59. The molecule has 0 unspecified atom stereocenters. The van der Waals surface area contributed by atoms with Crippen LogP contribution in [0.4, 0.5) is 0 Å². The van der Waals surface area contributed by atoms with Gasteiger partial charge in [0.2, 0.25) is 5.78 Å². The molecule has 2 aromatic rings. The number of ether oxygens (including phenoxy) is 4. The number of methoxy groups -OCH3 is 2. The standard InChI is InChI=1S/C28H32O12/c1-9-6-7-11-13(23(9)37-4)20(32)16-15(18(11)30)19(31)12-8-28(3,36)26(35)24(14(12)21(16)33)40-27-22(34)25(38-5)17(29)10(2)39-27/h6-7,10,17,22,24-27,29,31,33-36H,8H2,1-5H3/t10-,17-,22+,24+,25+,26-,27+,28+/m0/s1. The Hall–Kier alpha value is -3.10. The Kier molecular flexibility index (Phi) is 6.94. The first kappa shape index (κ1) is 28.4. The van der Waals surface area contributed by atoms with Gasteiger partial charge < -0.3 is 49.6 Å². The molecule has 12 nitrogen and oxygen atoms in total. The van der Waals surface area contributed by atoms with Crippen molar-refractivity contribution in [1.29, 1.82) is 0 Å². The van der Waals surface area contributed by atoms with Crippen LogP contribution in [0.3, 0.4) is 0 Å². The van der Waals surface area contributed by atoms with Crippen molar-refractivity contribution in [3.05, 3.63) is 51.1 Å². The summed E-state index contributed by atoms with van der Waals surface area (Å²) in [6.45, 7) is 4.46. The predicted octanol–water partition coefficient (Wildman–Crippen LogP) is 0.398. The highest BCUT2D eigenvalue weighted by Gasteiger charge is 2.52. The van der Waals surface area contributed by atoms with Crippen molar-refractivity contribution in [2.45, 2.75) is 75.7 Å². The fourth-order valence-corrected chi connectivity index (χ4v) is 5.97. The second kappa shape index (κ2) is 9.77. The Balaban J connectivity index is 1.70. The maximum absolute atomic E-state index is 13.8. The molecule has 0 spiro atoms. The number of rotatable bonds is 4. The van der Waals surface area contributed by atoms with Gasteiger partial charge in [0, 0.05) is 30.2 Å². The zero-order chi connectivity index (χ0) is 29.4. The van der Waals surface area contributed by atoms with E-state index in [1.165, 1.54) is 34.1 Å². The van der Waals surface area contributed by atoms with Crippen LogP contribution >= 0.6 is 0 Å². The fraction of sp³-hybridized carbons (Fsp3) is 0.500. The monoisotopic (exact) mass is 560 g/mol. The molecule has 3 aliphatic rings. The van der Waals surface area contributed by atoms with Gasteiger partial charge >= 0.3 is 0 Å². The number of hydrogen-bond donors (Lipinski definition) is 6.